The summed E-state index contributed by atoms with van der Waals surface area (Å²) in [5, 5.41) is 7.49. The minimum absolute atomic E-state index is 0.0223. The number of likely N-dealkylation sites (tertiary alicyclic amines) is 1. The van der Waals surface area contributed by atoms with Crippen LogP contribution in [0.25, 0.3) is 5.69 Å². The number of carbonyl (C=O) groups excluding carboxylic acids is 1. The zero-order valence-electron chi connectivity index (χ0n) is 15.2. The van der Waals surface area contributed by atoms with Crippen molar-refractivity contribution in [2.45, 2.75) is 32.2 Å². The van der Waals surface area contributed by atoms with Crippen LogP contribution in [0.2, 0.25) is 0 Å². The summed E-state index contributed by atoms with van der Waals surface area (Å²) in [6.45, 7) is 3.06. The minimum Gasteiger partial charge on any atom is -0.356 e. The van der Waals surface area contributed by atoms with Gasteiger partial charge in [-0.3, -0.25) is 9.69 Å². The molecule has 0 radical (unpaired) electrons. The summed E-state index contributed by atoms with van der Waals surface area (Å²) in [5.74, 6) is -0.387. The van der Waals surface area contributed by atoms with E-state index in [-0.39, 0.29) is 17.5 Å². The third-order valence-corrected chi connectivity index (χ3v) is 5.32. The predicted molar refractivity (Wildman–Crippen MR) is 97.2 cm³/mol. The van der Waals surface area contributed by atoms with Crippen LogP contribution >= 0.6 is 0 Å². The van der Waals surface area contributed by atoms with E-state index in [1.54, 1.807) is 6.20 Å². The van der Waals surface area contributed by atoms with Crippen LogP contribution in [0.5, 0.6) is 0 Å². The molecule has 2 fully saturated rings. The third kappa shape index (κ3) is 4.53. The minimum atomic E-state index is -0.643. The van der Waals surface area contributed by atoms with E-state index < -0.39 is 11.6 Å². The maximum absolute atomic E-state index is 13.9. The van der Waals surface area contributed by atoms with Crippen molar-refractivity contribution in [1.29, 1.82) is 0 Å². The molecule has 0 unspecified atom stereocenters. The summed E-state index contributed by atoms with van der Waals surface area (Å²) < 4.78 is 28.4. The molecule has 4 rings (SSSR count). The number of aromatic nitrogens is 2. The largest absolute Gasteiger partial charge is 0.356 e. The lowest BCUT2D eigenvalue weighted by atomic mass is 9.97. The molecule has 1 N–H and O–H groups in total. The van der Waals surface area contributed by atoms with Crippen molar-refractivity contribution in [3.63, 3.8) is 0 Å². The molecule has 1 saturated carbocycles. The maximum Gasteiger partial charge on any atom is 0.224 e. The second-order valence-corrected chi connectivity index (χ2v) is 7.61. The van der Waals surface area contributed by atoms with Crippen LogP contribution in [0.4, 0.5) is 8.78 Å². The Morgan fingerprint density at radius 1 is 1.22 bits per heavy atom. The molecular weight excluding hydrogens is 350 g/mol. The molecule has 2 aliphatic rings. The van der Waals surface area contributed by atoms with Crippen LogP contribution in [0.15, 0.2) is 30.5 Å². The number of halogens is 2. The standard InChI is InChI=1S/C20H24F2N4O/c21-16-5-6-19(18(22)10-16)26-9-7-17(24-26)13-25-8-1-2-15(12-25)20(27)23-11-14-3-4-14/h5-7,9-10,14-15H,1-4,8,11-13H2,(H,23,27)/t15-/m1/s1. The van der Waals surface area contributed by atoms with Gasteiger partial charge in [0.1, 0.15) is 11.5 Å². The van der Waals surface area contributed by atoms with Crippen LogP contribution in [-0.2, 0) is 11.3 Å². The quantitative estimate of drug-likeness (QED) is 0.846. The molecule has 1 amide bonds. The van der Waals surface area contributed by atoms with Crippen LogP contribution in [-0.4, -0.2) is 40.2 Å². The maximum atomic E-state index is 13.9. The number of hydrogen-bond acceptors (Lipinski definition) is 3. The Labute approximate surface area is 157 Å². The Kier molecular flexibility index (Phi) is 5.20. The van der Waals surface area contributed by atoms with Gasteiger partial charge in [0.15, 0.2) is 5.82 Å². The first-order valence-corrected chi connectivity index (χ1v) is 9.58. The Balaban J connectivity index is 1.36. The number of hydrogen-bond donors (Lipinski definition) is 1. The lowest BCUT2D eigenvalue weighted by Crippen LogP contribution is -2.43. The fourth-order valence-corrected chi connectivity index (χ4v) is 3.60. The van der Waals surface area contributed by atoms with Crippen molar-refractivity contribution in [3.05, 3.63) is 47.8 Å². The summed E-state index contributed by atoms with van der Waals surface area (Å²) in [6, 6.07) is 5.28. The van der Waals surface area contributed by atoms with Crippen molar-refractivity contribution >= 4 is 5.91 Å². The van der Waals surface area contributed by atoms with Gasteiger partial charge in [-0.2, -0.15) is 5.10 Å². The molecule has 1 atom stereocenters. The van der Waals surface area contributed by atoms with Gasteiger partial charge in [0.25, 0.3) is 0 Å². The van der Waals surface area contributed by atoms with Gasteiger partial charge >= 0.3 is 0 Å². The van der Waals surface area contributed by atoms with Crippen LogP contribution in [0.1, 0.15) is 31.4 Å². The molecule has 1 aromatic heterocycles. The summed E-state index contributed by atoms with van der Waals surface area (Å²) in [6.07, 6.45) is 6.04. The first kappa shape index (κ1) is 18.1. The lowest BCUT2D eigenvalue weighted by molar-refractivity contribution is -0.126. The molecule has 27 heavy (non-hydrogen) atoms. The van der Waals surface area contributed by atoms with Crippen molar-refractivity contribution in [3.8, 4) is 5.69 Å². The zero-order chi connectivity index (χ0) is 18.8. The Morgan fingerprint density at radius 3 is 2.85 bits per heavy atom. The fourth-order valence-electron chi connectivity index (χ4n) is 3.60. The van der Waals surface area contributed by atoms with Gasteiger partial charge in [0.2, 0.25) is 5.91 Å². The highest BCUT2D eigenvalue weighted by molar-refractivity contribution is 5.79. The van der Waals surface area contributed by atoms with Crippen molar-refractivity contribution in [1.82, 2.24) is 20.0 Å². The Bertz CT molecular complexity index is 818. The first-order valence-electron chi connectivity index (χ1n) is 9.58. The monoisotopic (exact) mass is 374 g/mol. The number of nitrogens with one attached hydrogen (secondary N) is 1. The normalized spacial score (nSPS) is 20.6. The highest BCUT2D eigenvalue weighted by atomic mass is 19.1. The molecule has 0 bridgehead atoms. The lowest BCUT2D eigenvalue weighted by Gasteiger charge is -2.31. The molecule has 1 aliphatic heterocycles. The predicted octanol–water partition coefficient (Wildman–Crippen LogP) is 2.89. The highest BCUT2D eigenvalue weighted by Crippen LogP contribution is 2.28. The van der Waals surface area contributed by atoms with E-state index in [0.29, 0.717) is 19.0 Å². The Morgan fingerprint density at radius 2 is 2.07 bits per heavy atom. The van der Waals surface area contributed by atoms with E-state index in [0.717, 1.165) is 37.7 Å². The van der Waals surface area contributed by atoms with Crippen molar-refractivity contribution in [2.24, 2.45) is 11.8 Å². The Hall–Kier alpha value is -2.28. The van der Waals surface area contributed by atoms with Gasteiger partial charge in [0.05, 0.1) is 11.6 Å². The van der Waals surface area contributed by atoms with E-state index in [1.165, 1.54) is 29.7 Å². The van der Waals surface area contributed by atoms with Crippen molar-refractivity contribution in [2.75, 3.05) is 19.6 Å². The molecule has 1 aromatic carbocycles. The number of benzene rings is 1. The van der Waals surface area contributed by atoms with Gasteiger partial charge in [-0.1, -0.05) is 0 Å². The summed E-state index contributed by atoms with van der Waals surface area (Å²) in [4.78, 5) is 14.6. The van der Waals surface area contributed by atoms with E-state index >= 15 is 0 Å². The highest BCUT2D eigenvalue weighted by Gasteiger charge is 2.28. The number of nitrogens with zero attached hydrogens (tertiary/aromatic N) is 3. The van der Waals surface area contributed by atoms with Gasteiger partial charge in [-0.05, 0) is 56.3 Å². The zero-order valence-corrected chi connectivity index (χ0v) is 15.2. The van der Waals surface area contributed by atoms with Crippen molar-refractivity contribution < 1.29 is 13.6 Å². The van der Waals surface area contributed by atoms with Gasteiger partial charge in [0, 0.05) is 31.9 Å². The fraction of sp³-hybridized carbons (Fsp3) is 0.500. The molecule has 1 saturated heterocycles. The average Bonchev–Trinajstić information content (AvgIpc) is 3.38. The summed E-state index contributed by atoms with van der Waals surface area (Å²) >= 11 is 0. The van der Waals surface area contributed by atoms with Gasteiger partial charge in [-0.15, -0.1) is 0 Å². The average molecular weight is 374 g/mol. The van der Waals surface area contributed by atoms with Crippen LogP contribution < -0.4 is 5.32 Å². The topological polar surface area (TPSA) is 50.2 Å². The third-order valence-electron chi connectivity index (χ3n) is 5.32. The first-order chi connectivity index (χ1) is 13.1. The molecule has 144 valence electrons. The van der Waals surface area contributed by atoms with Gasteiger partial charge < -0.3 is 5.32 Å². The summed E-state index contributed by atoms with van der Waals surface area (Å²) in [5.41, 5.74) is 1.02. The van der Waals surface area contributed by atoms with E-state index in [1.807, 2.05) is 6.07 Å². The summed E-state index contributed by atoms with van der Waals surface area (Å²) in [7, 11) is 0. The van der Waals surface area contributed by atoms with Crippen LogP contribution in [0, 0.1) is 23.5 Å². The van der Waals surface area contributed by atoms with E-state index in [4.69, 9.17) is 0 Å². The molecular formula is C20H24F2N4O. The van der Waals surface area contributed by atoms with E-state index in [9.17, 15) is 13.6 Å². The SMILES string of the molecule is O=C(NCC1CC1)[C@@H]1CCCN(Cc2ccn(-c3ccc(F)cc3F)n2)C1. The second-order valence-electron chi connectivity index (χ2n) is 7.61. The number of carbonyl (C=O) groups is 1. The second kappa shape index (κ2) is 7.76. The number of rotatable bonds is 6. The molecule has 5 nitrogen and oxygen atoms in total. The molecule has 7 heteroatoms. The number of piperidine rings is 1. The van der Waals surface area contributed by atoms with Crippen LogP contribution in [0.3, 0.4) is 0 Å². The molecule has 2 heterocycles. The van der Waals surface area contributed by atoms with E-state index in [2.05, 4.69) is 15.3 Å². The molecule has 0 spiro atoms. The van der Waals surface area contributed by atoms with Gasteiger partial charge in [-0.25, -0.2) is 13.5 Å². The molecule has 2 aromatic rings. The molecule has 1 aliphatic carbocycles. The smallest absolute Gasteiger partial charge is 0.224 e. The number of amides is 1.